The van der Waals surface area contributed by atoms with Crippen LogP contribution in [0.15, 0.2) is 54.6 Å². The van der Waals surface area contributed by atoms with E-state index in [9.17, 15) is 33.9 Å². The zero-order valence-corrected chi connectivity index (χ0v) is 33.9. The first-order valence-electron chi connectivity index (χ1n) is 19.3. The Balaban J connectivity index is 2.25. The summed E-state index contributed by atoms with van der Waals surface area (Å²) in [6, 6.07) is 9.45. The molecule has 0 fully saturated rings. The monoisotopic (exact) mass is 823 g/mol. The molecule has 0 bridgehead atoms. The number of primary amides is 1. The molecule has 0 aliphatic carbocycles. The molecular weight excluding hydrogens is 763 g/mol. The summed E-state index contributed by atoms with van der Waals surface area (Å²) in [5.74, 6) is -4.69. The van der Waals surface area contributed by atoms with Gasteiger partial charge in [0.1, 0.15) is 29.9 Å². The molecule has 0 saturated carbocycles. The van der Waals surface area contributed by atoms with Crippen LogP contribution >= 0.6 is 0 Å². The highest BCUT2D eigenvalue weighted by Gasteiger charge is 2.32. The topological polar surface area (TPSA) is 350 Å². The van der Waals surface area contributed by atoms with Gasteiger partial charge < -0.3 is 64.8 Å². The molecule has 20 heteroatoms. The predicted molar refractivity (Wildman–Crippen MR) is 222 cm³/mol. The number of phenols is 1. The molecule has 6 amide bonds. The number of aromatic hydroxyl groups is 1. The zero-order valence-electron chi connectivity index (χ0n) is 33.9. The molecule has 2 aromatic rings. The summed E-state index contributed by atoms with van der Waals surface area (Å²) >= 11 is 0. The molecule has 0 saturated heterocycles. The average Bonchev–Trinajstić information content (AvgIpc) is 3.16. The van der Waals surface area contributed by atoms with Crippen LogP contribution in [0.25, 0.3) is 0 Å². The number of hydrogen-bond acceptors (Lipinski definition) is 10. The van der Waals surface area contributed by atoms with E-state index in [0.717, 1.165) is 4.90 Å². The Morgan fingerprint density at radius 3 is 1.71 bits per heavy atom. The molecule has 2 aromatic carbocycles. The molecule has 0 radical (unpaired) electrons. The number of nitrogens with two attached hydrogens (primary N) is 4. The maximum absolute atomic E-state index is 14.0. The Morgan fingerprint density at radius 1 is 0.678 bits per heavy atom. The summed E-state index contributed by atoms with van der Waals surface area (Å²) in [6.45, 7) is 3.70. The van der Waals surface area contributed by atoms with Crippen LogP contribution in [0.5, 0.6) is 5.75 Å². The second kappa shape index (κ2) is 25.0. The molecule has 0 aliphatic heterocycles. The first-order valence-corrected chi connectivity index (χ1v) is 19.3. The highest BCUT2D eigenvalue weighted by atomic mass is 16.3. The maximum Gasteiger partial charge on any atom is 0.243 e. The predicted octanol–water partition coefficient (Wildman–Crippen LogP) is -2.04. The Hall–Kier alpha value is -6.44. The third-order valence-electron chi connectivity index (χ3n) is 9.00. The molecule has 0 heterocycles. The Bertz CT molecular complexity index is 1730. The van der Waals surface area contributed by atoms with Crippen LogP contribution in [-0.4, -0.2) is 114 Å². The van der Waals surface area contributed by atoms with E-state index >= 15 is 0 Å². The smallest absolute Gasteiger partial charge is 0.243 e. The van der Waals surface area contributed by atoms with Crippen molar-refractivity contribution in [3.8, 4) is 5.75 Å². The van der Waals surface area contributed by atoms with Crippen LogP contribution in [0.2, 0.25) is 0 Å². The minimum atomic E-state index is -1.20. The van der Waals surface area contributed by atoms with E-state index in [1.165, 1.54) is 19.2 Å². The first-order chi connectivity index (χ1) is 27.9. The van der Waals surface area contributed by atoms with Crippen molar-refractivity contribution in [3.63, 3.8) is 0 Å². The summed E-state index contributed by atoms with van der Waals surface area (Å²) < 4.78 is 0. The van der Waals surface area contributed by atoms with Crippen LogP contribution in [0.1, 0.15) is 57.1 Å². The molecular formula is C39H61N13O7. The van der Waals surface area contributed by atoms with E-state index < -0.39 is 72.2 Å². The number of benzene rings is 2. The normalized spacial score (nSPS) is 13.4. The fraction of sp³-hybridized carbons (Fsp3) is 0.487. The van der Waals surface area contributed by atoms with Crippen molar-refractivity contribution in [3.05, 3.63) is 65.7 Å². The molecule has 324 valence electrons. The fourth-order valence-electron chi connectivity index (χ4n) is 5.98. The standard InChI is InChI=1S/C39H61N13O7/c1-23(2)19-30(35(57)50-29(12-8-18-47-39(44)45)34(56)49-28(33(41)55)11-7-17-46-38(42)43)51-36(58)31(21-24-9-5-4-6-10-24)48-32(54)22-52(3)37(59)27(40)20-25-13-15-26(53)16-14-25/h4-6,9-10,13-16,23,27-31,53H,7-8,11-12,17-22,40H2,1-3H3,(H2,41,55)(H,48,54)(H,49,56)(H,50,57)(H,51,58)(H4,42,43,46)(H4,44,45,47)/t27-,28-,29+,30-,31-/m0/s1. The second-order valence-corrected chi connectivity index (χ2v) is 14.7. The highest BCUT2D eigenvalue weighted by Crippen LogP contribution is 2.13. The first kappa shape index (κ1) is 48.7. The van der Waals surface area contributed by atoms with Gasteiger partial charge in [0.15, 0.2) is 11.9 Å². The van der Waals surface area contributed by atoms with Crippen LogP contribution < -0.4 is 54.8 Å². The lowest BCUT2D eigenvalue weighted by Crippen LogP contribution is -2.59. The Morgan fingerprint density at radius 2 is 1.17 bits per heavy atom. The van der Waals surface area contributed by atoms with Gasteiger partial charge in [0, 0.05) is 26.6 Å². The van der Waals surface area contributed by atoms with Gasteiger partial charge in [-0.2, -0.15) is 0 Å². The molecule has 0 aliphatic rings. The summed E-state index contributed by atoms with van der Waals surface area (Å²) in [5, 5.41) is 40.2. The van der Waals surface area contributed by atoms with E-state index in [1.807, 2.05) is 13.8 Å². The number of amides is 6. The number of nitrogens with one attached hydrogen (secondary N) is 8. The number of likely N-dealkylation sites (N-methyl/N-ethyl adjacent to an activating group) is 1. The zero-order chi connectivity index (χ0) is 44.1. The minimum absolute atomic E-state index is 0.0388. The molecule has 59 heavy (non-hydrogen) atoms. The molecule has 2 rings (SSSR count). The largest absolute Gasteiger partial charge is 0.508 e. The average molecular weight is 824 g/mol. The van der Waals surface area contributed by atoms with Gasteiger partial charge in [-0.05, 0) is 67.7 Å². The number of carbonyl (C=O) groups excluding carboxylic acids is 6. The molecule has 5 atom stereocenters. The fourth-order valence-corrected chi connectivity index (χ4v) is 5.98. The third kappa shape index (κ3) is 19.0. The quantitative estimate of drug-likeness (QED) is 0.0293. The van der Waals surface area contributed by atoms with Gasteiger partial charge in [-0.1, -0.05) is 56.3 Å². The van der Waals surface area contributed by atoms with Crippen molar-refractivity contribution in [2.75, 3.05) is 26.7 Å². The molecule has 0 spiro atoms. The van der Waals surface area contributed by atoms with Crippen LogP contribution in [0.4, 0.5) is 0 Å². The van der Waals surface area contributed by atoms with E-state index in [4.69, 9.17) is 33.8 Å². The lowest BCUT2D eigenvalue weighted by molar-refractivity contribution is -0.137. The van der Waals surface area contributed by atoms with Crippen molar-refractivity contribution >= 4 is 47.4 Å². The van der Waals surface area contributed by atoms with Gasteiger partial charge in [0.2, 0.25) is 35.4 Å². The van der Waals surface area contributed by atoms with Crippen LogP contribution in [0.3, 0.4) is 0 Å². The number of guanidine groups is 2. The molecule has 0 aromatic heterocycles. The van der Waals surface area contributed by atoms with Crippen molar-refractivity contribution in [1.29, 1.82) is 10.8 Å². The van der Waals surface area contributed by atoms with E-state index in [1.54, 1.807) is 42.5 Å². The van der Waals surface area contributed by atoms with Gasteiger partial charge in [0.05, 0.1) is 12.6 Å². The molecule has 20 nitrogen and oxygen atoms in total. The Kier molecular flexibility index (Phi) is 20.7. The summed E-state index contributed by atoms with van der Waals surface area (Å²) in [6.07, 6.45) is 1.11. The van der Waals surface area contributed by atoms with Gasteiger partial charge in [0.25, 0.3) is 0 Å². The van der Waals surface area contributed by atoms with Crippen molar-refractivity contribution < 1.29 is 33.9 Å². The lowest BCUT2D eigenvalue weighted by atomic mass is 10.00. The van der Waals surface area contributed by atoms with E-state index in [-0.39, 0.29) is 75.2 Å². The SMILES string of the molecule is CC(C)C[C@H](NC(=O)[C@H](Cc1ccccc1)NC(=O)CN(C)C(=O)[C@@H](N)Cc1ccc(O)cc1)C(=O)N[C@H](CCCNC(=N)N)C(=O)N[C@@H](CCCNC(=N)N)C(N)=O. The number of phenolic OH excluding ortho intramolecular Hbond substituents is 1. The molecule has 0 unspecified atom stereocenters. The minimum Gasteiger partial charge on any atom is -0.508 e. The van der Waals surface area contributed by atoms with E-state index in [0.29, 0.717) is 17.5 Å². The summed E-state index contributed by atoms with van der Waals surface area (Å²) in [4.78, 5) is 81.3. The van der Waals surface area contributed by atoms with Gasteiger partial charge in [-0.3, -0.25) is 39.6 Å². The Labute approximate surface area is 344 Å². The van der Waals surface area contributed by atoms with E-state index in [2.05, 4.69) is 31.9 Å². The van der Waals surface area contributed by atoms with Crippen LogP contribution in [0, 0.1) is 16.7 Å². The number of hydrogen-bond donors (Lipinski definition) is 13. The molecule has 17 N–H and O–H groups in total. The number of carbonyl (C=O) groups is 6. The van der Waals surface area contributed by atoms with Gasteiger partial charge >= 0.3 is 0 Å². The summed E-state index contributed by atoms with van der Waals surface area (Å²) in [5.41, 5.74) is 23.8. The maximum atomic E-state index is 14.0. The van der Waals surface area contributed by atoms with Crippen LogP contribution in [-0.2, 0) is 41.6 Å². The van der Waals surface area contributed by atoms with Crippen molar-refractivity contribution in [2.24, 2.45) is 28.9 Å². The third-order valence-corrected chi connectivity index (χ3v) is 9.00. The lowest BCUT2D eigenvalue weighted by Gasteiger charge is -2.27. The van der Waals surface area contributed by atoms with Crippen molar-refractivity contribution in [2.45, 2.75) is 89.0 Å². The second-order valence-electron chi connectivity index (χ2n) is 14.7. The number of nitrogens with zero attached hydrogens (tertiary/aromatic N) is 1. The highest BCUT2D eigenvalue weighted by molar-refractivity contribution is 5.96. The number of rotatable bonds is 25. The van der Waals surface area contributed by atoms with Gasteiger partial charge in [-0.15, -0.1) is 0 Å². The van der Waals surface area contributed by atoms with Crippen molar-refractivity contribution in [1.82, 2.24) is 36.8 Å². The van der Waals surface area contributed by atoms with Gasteiger partial charge in [-0.25, -0.2) is 0 Å². The summed E-state index contributed by atoms with van der Waals surface area (Å²) in [7, 11) is 1.41.